The van der Waals surface area contributed by atoms with E-state index in [2.05, 4.69) is 24.5 Å². The third kappa shape index (κ3) is 8.58. The highest BCUT2D eigenvalue weighted by Gasteiger charge is 2.34. The number of aliphatic imine (C=N–C) groups is 1. The summed E-state index contributed by atoms with van der Waals surface area (Å²) in [6.45, 7) is 8.95. The Hall–Kier alpha value is -0.780. The zero-order valence-electron chi connectivity index (χ0n) is 15.3. The minimum Gasteiger partial charge on any atom is -0.357 e. The second kappa shape index (κ2) is 9.50. The van der Waals surface area contributed by atoms with Crippen LogP contribution >= 0.6 is 0 Å². The molecular formula is C17H35N3O2S. The maximum atomic E-state index is 11.2. The first-order chi connectivity index (χ1) is 10.8. The molecule has 0 aromatic heterocycles. The van der Waals surface area contributed by atoms with Crippen molar-refractivity contribution < 1.29 is 8.42 Å². The smallest absolute Gasteiger partial charge is 0.191 e. The standard InChI is InChI=1S/C17H35N3O2S/c1-5-18-16(19-11-8-12-23(4,21)22)20-14-17(13-15(2)3)9-6-7-10-17/h15H,5-14H2,1-4H3,(H2,18,19,20). The van der Waals surface area contributed by atoms with Gasteiger partial charge in [-0.2, -0.15) is 0 Å². The number of rotatable bonds is 9. The first-order valence-corrected chi connectivity index (χ1v) is 11.0. The van der Waals surface area contributed by atoms with Gasteiger partial charge in [0, 0.05) is 25.9 Å². The predicted molar refractivity (Wildman–Crippen MR) is 98.7 cm³/mol. The topological polar surface area (TPSA) is 70.6 Å². The molecule has 0 aromatic carbocycles. The van der Waals surface area contributed by atoms with Crippen LogP contribution < -0.4 is 10.6 Å². The van der Waals surface area contributed by atoms with Crippen LogP contribution in [0.1, 0.15) is 59.3 Å². The van der Waals surface area contributed by atoms with Crippen LogP contribution in [0.4, 0.5) is 0 Å². The van der Waals surface area contributed by atoms with E-state index in [4.69, 9.17) is 4.99 Å². The summed E-state index contributed by atoms with van der Waals surface area (Å²) in [7, 11) is -2.88. The lowest BCUT2D eigenvalue weighted by atomic mass is 9.78. The lowest BCUT2D eigenvalue weighted by Crippen LogP contribution is -2.39. The second-order valence-corrected chi connectivity index (χ2v) is 9.67. The maximum Gasteiger partial charge on any atom is 0.191 e. The monoisotopic (exact) mass is 345 g/mol. The van der Waals surface area contributed by atoms with E-state index in [-0.39, 0.29) is 5.75 Å². The van der Waals surface area contributed by atoms with Gasteiger partial charge in [0.05, 0.1) is 5.75 Å². The van der Waals surface area contributed by atoms with E-state index in [1.54, 1.807) is 0 Å². The summed E-state index contributed by atoms with van der Waals surface area (Å²) < 4.78 is 22.3. The Bertz CT molecular complexity index is 466. The average molecular weight is 346 g/mol. The number of nitrogens with zero attached hydrogens (tertiary/aromatic N) is 1. The first kappa shape index (κ1) is 20.3. The van der Waals surface area contributed by atoms with E-state index in [9.17, 15) is 8.42 Å². The summed E-state index contributed by atoms with van der Waals surface area (Å²) in [5.41, 5.74) is 0.364. The molecule has 1 fully saturated rings. The molecule has 0 radical (unpaired) electrons. The molecule has 1 aliphatic rings. The molecule has 1 saturated carbocycles. The average Bonchev–Trinajstić information content (AvgIpc) is 2.87. The third-order valence-corrected chi connectivity index (χ3v) is 5.44. The van der Waals surface area contributed by atoms with Gasteiger partial charge >= 0.3 is 0 Å². The fraction of sp³-hybridized carbons (Fsp3) is 0.941. The van der Waals surface area contributed by atoms with Crippen molar-refractivity contribution in [1.82, 2.24) is 10.6 Å². The fourth-order valence-corrected chi connectivity index (χ4v) is 4.22. The summed E-state index contributed by atoms with van der Waals surface area (Å²) >= 11 is 0. The Morgan fingerprint density at radius 1 is 1.22 bits per heavy atom. The van der Waals surface area contributed by atoms with Crippen molar-refractivity contribution in [3.63, 3.8) is 0 Å². The Morgan fingerprint density at radius 3 is 2.39 bits per heavy atom. The van der Waals surface area contributed by atoms with Gasteiger partial charge in [0.2, 0.25) is 0 Å². The van der Waals surface area contributed by atoms with Gasteiger partial charge < -0.3 is 10.6 Å². The molecule has 6 heteroatoms. The minimum absolute atomic E-state index is 0.219. The molecule has 23 heavy (non-hydrogen) atoms. The van der Waals surface area contributed by atoms with Gasteiger partial charge in [-0.15, -0.1) is 0 Å². The van der Waals surface area contributed by atoms with Gasteiger partial charge in [0.15, 0.2) is 5.96 Å². The van der Waals surface area contributed by atoms with Crippen molar-refractivity contribution in [2.24, 2.45) is 16.3 Å². The normalized spacial score (nSPS) is 18.4. The van der Waals surface area contributed by atoms with E-state index in [0.29, 0.717) is 24.3 Å². The van der Waals surface area contributed by atoms with Crippen molar-refractivity contribution in [3.05, 3.63) is 0 Å². The summed E-state index contributed by atoms with van der Waals surface area (Å²) in [4.78, 5) is 4.80. The van der Waals surface area contributed by atoms with Crippen molar-refractivity contribution in [2.45, 2.75) is 59.3 Å². The van der Waals surface area contributed by atoms with Crippen LogP contribution in [-0.4, -0.2) is 46.0 Å². The molecule has 0 aromatic rings. The number of hydrogen-bond acceptors (Lipinski definition) is 3. The van der Waals surface area contributed by atoms with Gasteiger partial charge in [-0.1, -0.05) is 26.7 Å². The number of sulfone groups is 1. The molecule has 0 heterocycles. The van der Waals surface area contributed by atoms with E-state index in [0.717, 1.165) is 19.0 Å². The lowest BCUT2D eigenvalue weighted by Gasteiger charge is -2.29. The van der Waals surface area contributed by atoms with Crippen LogP contribution in [0.5, 0.6) is 0 Å². The Labute approximate surface area is 142 Å². The fourth-order valence-electron chi connectivity index (χ4n) is 3.55. The van der Waals surface area contributed by atoms with Crippen LogP contribution in [0.25, 0.3) is 0 Å². The Morgan fingerprint density at radius 2 is 1.87 bits per heavy atom. The largest absolute Gasteiger partial charge is 0.357 e. The number of guanidine groups is 1. The molecular weight excluding hydrogens is 310 g/mol. The highest BCUT2D eigenvalue weighted by Crippen LogP contribution is 2.43. The van der Waals surface area contributed by atoms with Crippen LogP contribution in [-0.2, 0) is 9.84 Å². The first-order valence-electron chi connectivity index (χ1n) is 8.96. The molecule has 136 valence electrons. The Balaban J connectivity index is 2.55. The molecule has 0 aliphatic heterocycles. The van der Waals surface area contributed by atoms with Gasteiger partial charge in [-0.3, -0.25) is 4.99 Å². The molecule has 0 amide bonds. The summed E-state index contributed by atoms with van der Waals surface area (Å²) in [5.74, 6) is 1.74. The highest BCUT2D eigenvalue weighted by atomic mass is 32.2. The molecule has 0 unspecified atom stereocenters. The van der Waals surface area contributed by atoms with E-state index in [1.165, 1.54) is 38.4 Å². The van der Waals surface area contributed by atoms with E-state index >= 15 is 0 Å². The van der Waals surface area contributed by atoms with Gasteiger partial charge in [-0.25, -0.2) is 8.42 Å². The molecule has 0 spiro atoms. The third-order valence-electron chi connectivity index (χ3n) is 4.41. The molecule has 2 N–H and O–H groups in total. The van der Waals surface area contributed by atoms with E-state index in [1.807, 2.05) is 6.92 Å². The van der Waals surface area contributed by atoms with Crippen LogP contribution in [0, 0.1) is 11.3 Å². The summed E-state index contributed by atoms with van der Waals surface area (Å²) in [5, 5.41) is 6.53. The van der Waals surface area contributed by atoms with Gasteiger partial charge in [0.25, 0.3) is 0 Å². The van der Waals surface area contributed by atoms with Crippen LogP contribution in [0.3, 0.4) is 0 Å². The van der Waals surface area contributed by atoms with Gasteiger partial charge in [0.1, 0.15) is 9.84 Å². The lowest BCUT2D eigenvalue weighted by molar-refractivity contribution is 0.245. The maximum absolute atomic E-state index is 11.2. The quantitative estimate of drug-likeness (QED) is 0.383. The molecule has 5 nitrogen and oxygen atoms in total. The summed E-state index contributed by atoms with van der Waals surface area (Å²) in [6, 6.07) is 0. The molecule has 0 atom stereocenters. The molecule has 0 saturated heterocycles. The predicted octanol–water partition coefficient (Wildman–Crippen LogP) is 2.58. The van der Waals surface area contributed by atoms with E-state index < -0.39 is 9.84 Å². The van der Waals surface area contributed by atoms with Crippen molar-refractivity contribution in [1.29, 1.82) is 0 Å². The van der Waals surface area contributed by atoms with Crippen molar-refractivity contribution >= 4 is 15.8 Å². The van der Waals surface area contributed by atoms with Crippen LogP contribution in [0.15, 0.2) is 4.99 Å². The van der Waals surface area contributed by atoms with Crippen molar-refractivity contribution in [2.75, 3.05) is 31.6 Å². The van der Waals surface area contributed by atoms with Crippen LogP contribution in [0.2, 0.25) is 0 Å². The van der Waals surface area contributed by atoms with Crippen molar-refractivity contribution in [3.8, 4) is 0 Å². The van der Waals surface area contributed by atoms with Gasteiger partial charge in [-0.05, 0) is 43.9 Å². The minimum atomic E-state index is -2.88. The number of hydrogen-bond donors (Lipinski definition) is 2. The Kier molecular flexibility index (Phi) is 8.37. The number of nitrogens with one attached hydrogen (secondary N) is 2. The zero-order valence-corrected chi connectivity index (χ0v) is 16.1. The molecule has 0 bridgehead atoms. The second-order valence-electron chi connectivity index (χ2n) is 7.41. The molecule has 1 rings (SSSR count). The SMILES string of the molecule is CCNC(=NCC1(CC(C)C)CCCC1)NCCCS(C)(=O)=O. The highest BCUT2D eigenvalue weighted by molar-refractivity contribution is 7.90. The molecule has 1 aliphatic carbocycles. The summed E-state index contributed by atoms with van der Waals surface area (Å²) in [6.07, 6.45) is 8.33. The zero-order chi connectivity index (χ0) is 17.3.